The average Bonchev–Trinajstić information content (AvgIpc) is 2.30. The van der Waals surface area contributed by atoms with E-state index in [1.165, 1.54) is 0 Å². The standard InChI is InChI=1S/C7H12N3P/c1-5(8)6-3-4-10(11)7(6)9-2/h3-4,8-9H,11H2,1-2H3. The molecule has 0 saturated heterocycles. The second kappa shape index (κ2) is 3.05. The Balaban J connectivity index is 3.15. The van der Waals surface area contributed by atoms with Gasteiger partial charge in [0.1, 0.15) is 5.82 Å². The van der Waals surface area contributed by atoms with Crippen molar-refractivity contribution in [2.75, 3.05) is 12.4 Å². The molecule has 60 valence electrons. The van der Waals surface area contributed by atoms with Crippen molar-refractivity contribution in [3.05, 3.63) is 17.8 Å². The predicted molar refractivity (Wildman–Crippen MR) is 51.6 cm³/mol. The maximum Gasteiger partial charge on any atom is 0.117 e. The SMILES string of the molecule is CNc1c(C(C)=N)ccn1P. The van der Waals surface area contributed by atoms with Crippen LogP contribution in [0.15, 0.2) is 12.3 Å². The van der Waals surface area contributed by atoms with Gasteiger partial charge in [-0.3, -0.25) is 0 Å². The molecule has 0 aliphatic heterocycles. The van der Waals surface area contributed by atoms with E-state index in [9.17, 15) is 0 Å². The summed E-state index contributed by atoms with van der Waals surface area (Å²) in [6.07, 6.45) is 1.91. The van der Waals surface area contributed by atoms with E-state index >= 15 is 0 Å². The molecule has 0 saturated carbocycles. The summed E-state index contributed by atoms with van der Waals surface area (Å²) in [7, 11) is 4.40. The fourth-order valence-corrected chi connectivity index (χ4v) is 1.37. The molecule has 1 aromatic rings. The molecule has 1 rings (SSSR count). The van der Waals surface area contributed by atoms with Gasteiger partial charge < -0.3 is 15.1 Å². The first-order chi connectivity index (χ1) is 5.16. The van der Waals surface area contributed by atoms with E-state index in [2.05, 4.69) is 14.7 Å². The van der Waals surface area contributed by atoms with Gasteiger partial charge in [-0.1, -0.05) is 0 Å². The van der Waals surface area contributed by atoms with Gasteiger partial charge in [-0.25, -0.2) is 0 Å². The lowest BCUT2D eigenvalue weighted by Gasteiger charge is -2.04. The molecule has 0 fully saturated rings. The van der Waals surface area contributed by atoms with E-state index in [0.717, 1.165) is 11.4 Å². The van der Waals surface area contributed by atoms with Crippen molar-refractivity contribution in [1.82, 2.24) is 4.34 Å². The molecule has 1 heterocycles. The summed E-state index contributed by atoms with van der Waals surface area (Å²) >= 11 is 0. The highest BCUT2D eigenvalue weighted by Crippen LogP contribution is 2.19. The van der Waals surface area contributed by atoms with Crippen molar-refractivity contribution in [1.29, 1.82) is 5.41 Å². The smallest absolute Gasteiger partial charge is 0.117 e. The second-order valence-corrected chi connectivity index (χ2v) is 2.92. The van der Waals surface area contributed by atoms with Gasteiger partial charge in [0.15, 0.2) is 0 Å². The zero-order chi connectivity index (χ0) is 8.43. The lowest BCUT2D eigenvalue weighted by atomic mass is 10.2. The number of hydrogen-bond donors (Lipinski definition) is 2. The molecule has 3 nitrogen and oxygen atoms in total. The molecule has 0 bridgehead atoms. The first-order valence-corrected chi connectivity index (χ1v) is 3.88. The maximum atomic E-state index is 7.43. The lowest BCUT2D eigenvalue weighted by Crippen LogP contribution is -1.99. The molecule has 1 aromatic heterocycles. The molecule has 0 spiro atoms. The van der Waals surface area contributed by atoms with Crippen LogP contribution in [0.3, 0.4) is 0 Å². The third-order valence-corrected chi connectivity index (χ3v) is 1.99. The van der Waals surface area contributed by atoms with Crippen molar-refractivity contribution in [3.8, 4) is 0 Å². The average molecular weight is 169 g/mol. The molecule has 0 aliphatic carbocycles. The lowest BCUT2D eigenvalue weighted by molar-refractivity contribution is 1.26. The van der Waals surface area contributed by atoms with Gasteiger partial charge >= 0.3 is 0 Å². The van der Waals surface area contributed by atoms with Crippen LogP contribution in [-0.4, -0.2) is 17.1 Å². The van der Waals surface area contributed by atoms with Crippen molar-refractivity contribution >= 4 is 20.9 Å². The van der Waals surface area contributed by atoms with Crippen molar-refractivity contribution in [3.63, 3.8) is 0 Å². The van der Waals surface area contributed by atoms with E-state index in [4.69, 9.17) is 5.41 Å². The summed E-state index contributed by atoms with van der Waals surface area (Å²) in [6.45, 7) is 1.78. The largest absolute Gasteiger partial charge is 0.374 e. The molecule has 0 aliphatic rings. The van der Waals surface area contributed by atoms with E-state index in [1.54, 1.807) is 6.92 Å². The van der Waals surface area contributed by atoms with Crippen LogP contribution in [0.4, 0.5) is 5.82 Å². The quantitative estimate of drug-likeness (QED) is 0.512. The van der Waals surface area contributed by atoms with Crippen LogP contribution in [0.5, 0.6) is 0 Å². The number of rotatable bonds is 2. The maximum absolute atomic E-state index is 7.43. The number of hydrogen-bond acceptors (Lipinski definition) is 2. The summed E-state index contributed by atoms with van der Waals surface area (Å²) < 4.78 is 1.88. The summed E-state index contributed by atoms with van der Waals surface area (Å²) in [5.74, 6) is 0.961. The number of nitrogens with zero attached hydrogens (tertiary/aromatic N) is 1. The predicted octanol–water partition coefficient (Wildman–Crippen LogP) is 1.56. The normalized spacial score (nSPS) is 9.73. The van der Waals surface area contributed by atoms with Gasteiger partial charge in [-0.2, -0.15) is 0 Å². The van der Waals surface area contributed by atoms with Crippen LogP contribution in [0.1, 0.15) is 12.5 Å². The Hall–Kier alpha value is -0.820. The van der Waals surface area contributed by atoms with Gasteiger partial charge in [0, 0.05) is 24.5 Å². The van der Waals surface area contributed by atoms with Gasteiger partial charge in [0.2, 0.25) is 0 Å². The summed E-state index contributed by atoms with van der Waals surface area (Å²) in [6, 6.07) is 1.92. The molecule has 1 unspecified atom stereocenters. The highest BCUT2D eigenvalue weighted by molar-refractivity contribution is 7.14. The number of aromatic nitrogens is 1. The zero-order valence-corrected chi connectivity index (χ0v) is 7.83. The third kappa shape index (κ3) is 1.43. The van der Waals surface area contributed by atoms with Gasteiger partial charge in [0.25, 0.3) is 0 Å². The molecular weight excluding hydrogens is 157 g/mol. The molecule has 1 atom stereocenters. The van der Waals surface area contributed by atoms with E-state index < -0.39 is 0 Å². The highest BCUT2D eigenvalue weighted by Gasteiger charge is 2.05. The van der Waals surface area contributed by atoms with Crippen LogP contribution < -0.4 is 5.32 Å². The fraction of sp³-hybridized carbons (Fsp3) is 0.286. The Bertz CT molecular complexity index is 277. The summed E-state index contributed by atoms with van der Waals surface area (Å²) in [5.41, 5.74) is 1.53. The molecule has 0 aromatic carbocycles. The monoisotopic (exact) mass is 169 g/mol. The highest BCUT2D eigenvalue weighted by atomic mass is 31.0. The Labute approximate surface area is 68.6 Å². The fourth-order valence-electron chi connectivity index (χ4n) is 1.01. The van der Waals surface area contributed by atoms with Crippen LogP contribution in [0.2, 0.25) is 0 Å². The van der Waals surface area contributed by atoms with E-state index in [0.29, 0.717) is 5.71 Å². The van der Waals surface area contributed by atoms with Crippen molar-refractivity contribution < 1.29 is 0 Å². The first-order valence-electron chi connectivity index (χ1n) is 3.36. The topological polar surface area (TPSA) is 40.8 Å². The van der Waals surface area contributed by atoms with Gasteiger partial charge in [0.05, 0.1) is 0 Å². The number of nitrogens with one attached hydrogen (secondary N) is 2. The molecular formula is C7H12N3P. The number of anilines is 1. The van der Waals surface area contributed by atoms with Crippen LogP contribution in [-0.2, 0) is 0 Å². The first kappa shape index (κ1) is 8.28. The van der Waals surface area contributed by atoms with Crippen molar-refractivity contribution in [2.45, 2.75) is 6.92 Å². The Morgan fingerprint density at radius 1 is 1.73 bits per heavy atom. The van der Waals surface area contributed by atoms with E-state index in [1.807, 2.05) is 23.6 Å². The Morgan fingerprint density at radius 2 is 2.36 bits per heavy atom. The molecule has 2 N–H and O–H groups in total. The molecule has 0 radical (unpaired) electrons. The van der Waals surface area contributed by atoms with Crippen molar-refractivity contribution in [2.24, 2.45) is 0 Å². The summed E-state index contributed by atoms with van der Waals surface area (Å²) in [5, 5.41) is 10.5. The summed E-state index contributed by atoms with van der Waals surface area (Å²) in [4.78, 5) is 0. The van der Waals surface area contributed by atoms with E-state index in [-0.39, 0.29) is 0 Å². The Kier molecular flexibility index (Phi) is 2.30. The molecule has 4 heteroatoms. The minimum Gasteiger partial charge on any atom is -0.374 e. The molecule has 11 heavy (non-hydrogen) atoms. The molecule has 0 amide bonds. The van der Waals surface area contributed by atoms with Crippen LogP contribution >= 0.6 is 9.39 Å². The minimum atomic E-state index is 0.579. The van der Waals surface area contributed by atoms with Crippen LogP contribution in [0.25, 0.3) is 0 Å². The Morgan fingerprint density at radius 3 is 2.73 bits per heavy atom. The van der Waals surface area contributed by atoms with Gasteiger partial charge in [-0.05, 0) is 22.4 Å². The second-order valence-electron chi connectivity index (χ2n) is 2.36. The third-order valence-electron chi connectivity index (χ3n) is 1.56. The zero-order valence-electron chi connectivity index (χ0n) is 6.68. The minimum absolute atomic E-state index is 0.579. The van der Waals surface area contributed by atoms with Crippen LogP contribution in [0, 0.1) is 5.41 Å². The van der Waals surface area contributed by atoms with Gasteiger partial charge in [-0.15, -0.1) is 0 Å².